The number of benzene rings is 1. The van der Waals surface area contributed by atoms with Crippen molar-refractivity contribution in [2.24, 2.45) is 0 Å². The van der Waals surface area contributed by atoms with E-state index in [0.29, 0.717) is 22.4 Å². The first-order chi connectivity index (χ1) is 16.0. The number of nitrogens with one attached hydrogen (secondary N) is 2. The molecule has 1 fully saturated rings. The first-order valence-corrected chi connectivity index (χ1v) is 12.1. The summed E-state index contributed by atoms with van der Waals surface area (Å²) in [4.78, 5) is 28.8. The number of hydrogen-bond donors (Lipinski definition) is 4. The summed E-state index contributed by atoms with van der Waals surface area (Å²) in [6.07, 6.45) is -0.486. The summed E-state index contributed by atoms with van der Waals surface area (Å²) >= 11 is 6.06. The number of phenolic OH excluding ortho intramolecular Hbond substituents is 1. The van der Waals surface area contributed by atoms with E-state index in [9.17, 15) is 28.2 Å². The zero-order valence-electron chi connectivity index (χ0n) is 18.2. The van der Waals surface area contributed by atoms with Gasteiger partial charge in [0.15, 0.2) is 5.75 Å². The van der Waals surface area contributed by atoms with Crippen LogP contribution in [0.25, 0.3) is 0 Å². The van der Waals surface area contributed by atoms with Gasteiger partial charge in [0, 0.05) is 0 Å². The van der Waals surface area contributed by atoms with Crippen molar-refractivity contribution in [3.63, 3.8) is 0 Å². The van der Waals surface area contributed by atoms with Gasteiger partial charge in [-0.3, -0.25) is 14.4 Å². The van der Waals surface area contributed by atoms with Crippen LogP contribution in [0.2, 0.25) is 5.02 Å². The minimum Gasteiger partial charge on any atom is -0.504 e. The molecule has 1 aromatic heterocycles. The highest BCUT2D eigenvalue weighted by Crippen LogP contribution is 2.41. The Hall–Kier alpha value is -2.90. The van der Waals surface area contributed by atoms with E-state index in [1.807, 2.05) is 6.92 Å². The van der Waals surface area contributed by atoms with E-state index < -0.39 is 43.7 Å². The van der Waals surface area contributed by atoms with Gasteiger partial charge in [-0.1, -0.05) is 23.0 Å². The summed E-state index contributed by atoms with van der Waals surface area (Å²) in [5.41, 5.74) is -1.92. The molecule has 2 atom stereocenters. The zero-order valence-corrected chi connectivity index (χ0v) is 19.7. The number of halogens is 1. The lowest BCUT2D eigenvalue weighted by molar-refractivity contribution is -0.0317. The summed E-state index contributed by atoms with van der Waals surface area (Å²) in [6, 6.07) is 5.62. The summed E-state index contributed by atoms with van der Waals surface area (Å²) in [7, 11) is -4.44. The van der Waals surface area contributed by atoms with Crippen molar-refractivity contribution in [2.75, 3.05) is 23.8 Å². The number of nitrogens with zero attached hydrogens (tertiary/aromatic N) is 1. The number of aliphatic hydroxyl groups excluding tert-OH is 1. The topological polar surface area (TPSA) is 158 Å². The van der Waals surface area contributed by atoms with Gasteiger partial charge in [-0.25, -0.2) is 8.42 Å². The molecule has 1 saturated heterocycles. The van der Waals surface area contributed by atoms with E-state index >= 15 is 0 Å². The van der Waals surface area contributed by atoms with Crippen LogP contribution in [0.4, 0.5) is 17.1 Å². The number of furan rings is 1. The first kappa shape index (κ1) is 24.2. The van der Waals surface area contributed by atoms with Crippen molar-refractivity contribution >= 4 is 38.7 Å². The number of sulfonamides is 1. The summed E-state index contributed by atoms with van der Waals surface area (Å²) in [5.74, 6) is 0.493. The van der Waals surface area contributed by atoms with E-state index in [4.69, 9.17) is 20.9 Å². The summed E-state index contributed by atoms with van der Waals surface area (Å²) in [5, 5.41) is 25.6. The van der Waals surface area contributed by atoms with Crippen molar-refractivity contribution in [3.8, 4) is 5.75 Å². The number of rotatable bonds is 8. The third kappa shape index (κ3) is 4.18. The van der Waals surface area contributed by atoms with E-state index in [-0.39, 0.29) is 35.2 Å². The molecule has 1 aliphatic heterocycles. The lowest BCUT2D eigenvalue weighted by atomic mass is 10.1. The van der Waals surface area contributed by atoms with Crippen LogP contribution in [0.1, 0.15) is 30.9 Å². The van der Waals surface area contributed by atoms with Crippen molar-refractivity contribution in [3.05, 3.63) is 61.3 Å². The Morgan fingerprint density at radius 3 is 2.50 bits per heavy atom. The van der Waals surface area contributed by atoms with Gasteiger partial charge >= 0.3 is 0 Å². The summed E-state index contributed by atoms with van der Waals surface area (Å²) < 4.78 is 32.0. The fourth-order valence-corrected chi connectivity index (χ4v) is 5.47. The number of phenols is 1. The SMILES string of the molecule is CCC(Nc1c(Nc2ccc(Cl)c(S(=O)(=O)N3CC(O)CO3)c2O)c(=O)c1=O)c1ccc(C)o1. The fraction of sp³-hybridized carbons (Fsp3) is 0.333. The number of hydroxylamine groups is 1. The number of aliphatic hydroxyl groups is 1. The normalized spacial score (nSPS) is 17.8. The standard InChI is InChI=1S/C21H22ClN3O8S/c1-3-13(15-7-4-10(2)33-15)23-16-17(20(29)19(16)28)24-14-6-5-12(22)21(18(14)27)34(30,31)25-8-11(26)9-32-25/h4-7,11,13,23-24,26-27H,3,8-9H2,1-2H3. The van der Waals surface area contributed by atoms with Gasteiger partial charge in [0.1, 0.15) is 27.8 Å². The molecular formula is C21H22ClN3O8S. The molecule has 182 valence electrons. The molecule has 4 N–H and O–H groups in total. The Morgan fingerprint density at radius 2 is 1.91 bits per heavy atom. The molecule has 2 heterocycles. The van der Waals surface area contributed by atoms with Crippen LogP contribution in [-0.2, 0) is 14.9 Å². The van der Waals surface area contributed by atoms with Crippen molar-refractivity contribution in [1.29, 1.82) is 0 Å². The van der Waals surface area contributed by atoms with Crippen LogP contribution in [-0.4, -0.2) is 42.4 Å². The number of aromatic hydroxyl groups is 1. The van der Waals surface area contributed by atoms with Crippen molar-refractivity contribution in [2.45, 2.75) is 37.3 Å². The monoisotopic (exact) mass is 511 g/mol. The van der Waals surface area contributed by atoms with Crippen LogP contribution in [0.3, 0.4) is 0 Å². The van der Waals surface area contributed by atoms with Gasteiger partial charge < -0.3 is 25.3 Å². The lowest BCUT2D eigenvalue weighted by Crippen LogP contribution is -2.37. The first-order valence-electron chi connectivity index (χ1n) is 10.3. The number of aryl methyl sites for hydroxylation is 1. The van der Waals surface area contributed by atoms with E-state index in [1.54, 1.807) is 19.1 Å². The molecule has 0 amide bonds. The molecule has 13 heteroatoms. The summed E-state index contributed by atoms with van der Waals surface area (Å²) in [6.45, 7) is 3.07. The van der Waals surface area contributed by atoms with Crippen LogP contribution >= 0.6 is 11.6 Å². The average Bonchev–Trinajstić information content (AvgIpc) is 3.43. The maximum absolute atomic E-state index is 12.9. The number of hydrogen-bond acceptors (Lipinski definition) is 10. The minimum absolute atomic E-state index is 0.0179. The average molecular weight is 512 g/mol. The highest BCUT2D eigenvalue weighted by atomic mass is 35.5. The fourth-order valence-electron chi connectivity index (χ4n) is 3.58. The molecule has 2 aromatic carbocycles. The molecule has 0 bridgehead atoms. The molecule has 0 aliphatic carbocycles. The predicted molar refractivity (Wildman–Crippen MR) is 124 cm³/mol. The minimum atomic E-state index is -4.44. The van der Waals surface area contributed by atoms with Crippen LogP contribution in [0.5, 0.6) is 5.75 Å². The predicted octanol–water partition coefficient (Wildman–Crippen LogP) is 2.15. The van der Waals surface area contributed by atoms with Crippen LogP contribution < -0.4 is 21.5 Å². The van der Waals surface area contributed by atoms with Gasteiger partial charge in [0.05, 0.1) is 36.0 Å². The molecule has 3 aromatic rings. The van der Waals surface area contributed by atoms with E-state index in [0.717, 1.165) is 0 Å². The second kappa shape index (κ2) is 9.04. The molecule has 4 rings (SSSR count). The molecule has 0 radical (unpaired) electrons. The molecule has 0 spiro atoms. The quantitative estimate of drug-likeness (QED) is 0.261. The molecule has 11 nitrogen and oxygen atoms in total. The Labute approximate surface area is 199 Å². The van der Waals surface area contributed by atoms with Gasteiger partial charge in [-0.15, -0.1) is 0 Å². The maximum atomic E-state index is 12.9. The number of anilines is 3. The Kier molecular flexibility index (Phi) is 6.44. The van der Waals surface area contributed by atoms with Crippen molar-refractivity contribution in [1.82, 2.24) is 4.47 Å². The Bertz CT molecular complexity index is 1410. The molecule has 1 aliphatic rings. The number of β-amino-alcohol motifs (C(OH)–C–C–N with tert-alkyl or cyclic N) is 1. The molecule has 2 unspecified atom stereocenters. The van der Waals surface area contributed by atoms with Crippen LogP contribution in [0.15, 0.2) is 43.2 Å². The van der Waals surface area contributed by atoms with E-state index in [2.05, 4.69) is 10.6 Å². The van der Waals surface area contributed by atoms with Gasteiger partial charge in [-0.05, 0) is 37.6 Å². The van der Waals surface area contributed by atoms with Crippen LogP contribution in [0, 0.1) is 6.92 Å². The third-order valence-corrected chi connectivity index (χ3v) is 7.53. The largest absolute Gasteiger partial charge is 0.504 e. The zero-order chi connectivity index (χ0) is 24.8. The molecule has 0 saturated carbocycles. The highest BCUT2D eigenvalue weighted by Gasteiger charge is 2.37. The second-order valence-electron chi connectivity index (χ2n) is 7.80. The van der Waals surface area contributed by atoms with Gasteiger partial charge in [-0.2, -0.15) is 0 Å². The molecular weight excluding hydrogens is 490 g/mol. The lowest BCUT2D eigenvalue weighted by Gasteiger charge is -2.21. The van der Waals surface area contributed by atoms with Crippen molar-refractivity contribution < 1.29 is 27.9 Å². The Morgan fingerprint density at radius 1 is 1.21 bits per heavy atom. The second-order valence-corrected chi connectivity index (χ2v) is 9.97. The van der Waals surface area contributed by atoms with Gasteiger partial charge in [0.25, 0.3) is 20.9 Å². The van der Waals surface area contributed by atoms with Gasteiger partial charge in [0.2, 0.25) is 0 Å². The Balaban J connectivity index is 1.66. The third-order valence-electron chi connectivity index (χ3n) is 5.38. The maximum Gasteiger partial charge on any atom is 0.270 e. The molecule has 34 heavy (non-hydrogen) atoms. The smallest absolute Gasteiger partial charge is 0.270 e. The highest BCUT2D eigenvalue weighted by molar-refractivity contribution is 7.89. The van der Waals surface area contributed by atoms with E-state index in [1.165, 1.54) is 12.1 Å².